The number of aryl methyl sites for hydroxylation is 1. The number of methoxy groups -OCH3 is 1. The van der Waals surface area contributed by atoms with Crippen LogP contribution in [0.5, 0.6) is 5.75 Å². The highest BCUT2D eigenvalue weighted by molar-refractivity contribution is 5.78. The minimum atomic E-state index is 0.0547. The molecule has 1 saturated heterocycles. The van der Waals surface area contributed by atoms with Crippen molar-refractivity contribution in [2.45, 2.75) is 33.1 Å². The molecular formula is C21H26N2O2. The predicted molar refractivity (Wildman–Crippen MR) is 99.7 cm³/mol. The molecule has 0 N–H and O–H groups in total. The number of rotatable bonds is 4. The van der Waals surface area contributed by atoms with Gasteiger partial charge in [-0.15, -0.1) is 0 Å². The van der Waals surface area contributed by atoms with E-state index in [0.29, 0.717) is 5.92 Å². The molecule has 2 aromatic rings. The zero-order valence-corrected chi connectivity index (χ0v) is 15.5. The Morgan fingerprint density at radius 1 is 1.20 bits per heavy atom. The maximum absolute atomic E-state index is 12.2. The molecule has 1 aliphatic heterocycles. The smallest absolute Gasteiger partial charge is 0.225 e. The predicted octanol–water partition coefficient (Wildman–Crippen LogP) is 4.04. The third-order valence-electron chi connectivity index (χ3n) is 4.81. The molecule has 0 aliphatic carbocycles. The Kier molecular flexibility index (Phi) is 5.07. The summed E-state index contributed by atoms with van der Waals surface area (Å²) < 4.78 is 5.24. The number of pyridine rings is 1. The van der Waals surface area contributed by atoms with E-state index in [1.165, 1.54) is 5.56 Å². The van der Waals surface area contributed by atoms with E-state index in [0.717, 1.165) is 42.2 Å². The first-order valence-electron chi connectivity index (χ1n) is 8.89. The molecule has 25 heavy (non-hydrogen) atoms. The third-order valence-corrected chi connectivity index (χ3v) is 4.81. The molecule has 0 radical (unpaired) electrons. The summed E-state index contributed by atoms with van der Waals surface area (Å²) in [4.78, 5) is 19.0. The van der Waals surface area contributed by atoms with Gasteiger partial charge in [-0.2, -0.15) is 0 Å². The second kappa shape index (κ2) is 7.26. The number of aromatic nitrogens is 1. The summed E-state index contributed by atoms with van der Waals surface area (Å²) in [5.74, 6) is 1.47. The quantitative estimate of drug-likeness (QED) is 0.845. The number of amides is 1. The molecule has 1 aromatic heterocycles. The van der Waals surface area contributed by atoms with Crippen molar-refractivity contribution in [3.8, 4) is 16.9 Å². The molecule has 132 valence electrons. The zero-order chi connectivity index (χ0) is 18.0. The monoisotopic (exact) mass is 338 g/mol. The summed E-state index contributed by atoms with van der Waals surface area (Å²) in [6.45, 7) is 7.55. The minimum Gasteiger partial charge on any atom is -0.497 e. The molecule has 1 aliphatic rings. The number of nitrogens with zero attached hydrogens (tertiary/aromatic N) is 2. The zero-order valence-electron chi connectivity index (χ0n) is 15.5. The lowest BCUT2D eigenvalue weighted by Crippen LogP contribution is -2.32. The van der Waals surface area contributed by atoms with E-state index in [-0.39, 0.29) is 11.8 Å². The molecule has 0 bridgehead atoms. The van der Waals surface area contributed by atoms with Crippen molar-refractivity contribution in [2.75, 3.05) is 20.2 Å². The average molecular weight is 338 g/mol. The van der Waals surface area contributed by atoms with Gasteiger partial charge in [0.15, 0.2) is 0 Å². The molecule has 4 nitrogen and oxygen atoms in total. The van der Waals surface area contributed by atoms with E-state index in [4.69, 9.17) is 9.72 Å². The van der Waals surface area contributed by atoms with Crippen LogP contribution in [-0.4, -0.2) is 36.0 Å². The summed E-state index contributed by atoms with van der Waals surface area (Å²) >= 11 is 0. The van der Waals surface area contributed by atoms with Crippen LogP contribution >= 0.6 is 0 Å². The summed E-state index contributed by atoms with van der Waals surface area (Å²) in [5, 5.41) is 0. The summed E-state index contributed by atoms with van der Waals surface area (Å²) in [7, 11) is 1.67. The van der Waals surface area contributed by atoms with Gasteiger partial charge in [0.2, 0.25) is 5.91 Å². The first-order chi connectivity index (χ1) is 12.0. The Labute approximate surface area is 149 Å². The first kappa shape index (κ1) is 17.5. The number of likely N-dealkylation sites (tertiary alicyclic amines) is 1. The van der Waals surface area contributed by atoms with Gasteiger partial charge in [-0.25, -0.2) is 0 Å². The lowest BCUT2D eigenvalue weighted by molar-refractivity contribution is -0.133. The number of benzene rings is 1. The van der Waals surface area contributed by atoms with Crippen LogP contribution in [0, 0.1) is 12.8 Å². The Morgan fingerprint density at radius 3 is 2.56 bits per heavy atom. The molecule has 1 fully saturated rings. The van der Waals surface area contributed by atoms with E-state index in [9.17, 15) is 4.79 Å². The number of hydrogen-bond acceptors (Lipinski definition) is 3. The van der Waals surface area contributed by atoms with Crippen LogP contribution in [0.3, 0.4) is 0 Å². The van der Waals surface area contributed by atoms with Crippen molar-refractivity contribution in [3.63, 3.8) is 0 Å². The third kappa shape index (κ3) is 3.84. The molecule has 1 atom stereocenters. The van der Waals surface area contributed by atoms with Crippen LogP contribution < -0.4 is 4.74 Å². The van der Waals surface area contributed by atoms with Crippen LogP contribution in [-0.2, 0) is 4.79 Å². The van der Waals surface area contributed by atoms with Gasteiger partial charge in [0.05, 0.1) is 7.11 Å². The normalized spacial score (nSPS) is 17.2. The van der Waals surface area contributed by atoms with Crippen LogP contribution in [0.1, 0.15) is 37.6 Å². The highest BCUT2D eigenvalue weighted by atomic mass is 16.5. The van der Waals surface area contributed by atoms with E-state index < -0.39 is 0 Å². The number of carbonyl (C=O) groups is 1. The molecule has 1 unspecified atom stereocenters. The largest absolute Gasteiger partial charge is 0.497 e. The molecule has 0 saturated carbocycles. The molecule has 1 aromatic carbocycles. The Morgan fingerprint density at radius 2 is 1.92 bits per heavy atom. The highest BCUT2D eigenvalue weighted by Gasteiger charge is 2.29. The molecule has 0 spiro atoms. The van der Waals surface area contributed by atoms with Gasteiger partial charge in [-0.05, 0) is 48.7 Å². The molecule has 3 rings (SSSR count). The maximum atomic E-state index is 12.2. The second-order valence-corrected chi connectivity index (χ2v) is 7.08. The summed E-state index contributed by atoms with van der Waals surface area (Å²) in [5.41, 5.74) is 4.42. The fraction of sp³-hybridized carbons (Fsp3) is 0.429. The number of carbonyl (C=O) groups excluding carboxylic acids is 1. The van der Waals surface area contributed by atoms with Crippen molar-refractivity contribution in [2.24, 2.45) is 5.92 Å². The van der Waals surface area contributed by atoms with E-state index in [2.05, 4.69) is 24.3 Å². The van der Waals surface area contributed by atoms with Gasteiger partial charge in [0, 0.05) is 36.3 Å². The summed E-state index contributed by atoms with van der Waals surface area (Å²) in [6.07, 6.45) is 0.983. The Balaban J connectivity index is 1.83. The maximum Gasteiger partial charge on any atom is 0.225 e. The molecule has 4 heteroatoms. The Hall–Kier alpha value is -2.36. The fourth-order valence-corrected chi connectivity index (χ4v) is 3.42. The van der Waals surface area contributed by atoms with Gasteiger partial charge in [-0.3, -0.25) is 9.78 Å². The lowest BCUT2D eigenvalue weighted by atomic mass is 9.98. The number of ether oxygens (including phenoxy) is 1. The first-order valence-corrected chi connectivity index (χ1v) is 8.89. The fourth-order valence-electron chi connectivity index (χ4n) is 3.42. The van der Waals surface area contributed by atoms with Crippen molar-refractivity contribution in [1.29, 1.82) is 0 Å². The van der Waals surface area contributed by atoms with E-state index in [1.54, 1.807) is 7.11 Å². The van der Waals surface area contributed by atoms with Crippen molar-refractivity contribution in [3.05, 3.63) is 47.8 Å². The minimum absolute atomic E-state index is 0.0547. The van der Waals surface area contributed by atoms with Gasteiger partial charge in [-0.1, -0.05) is 26.0 Å². The van der Waals surface area contributed by atoms with Crippen LogP contribution in [0.4, 0.5) is 0 Å². The van der Waals surface area contributed by atoms with E-state index in [1.807, 2.05) is 37.8 Å². The number of hydrogen-bond donors (Lipinski definition) is 0. The average Bonchev–Trinajstić information content (AvgIpc) is 3.10. The van der Waals surface area contributed by atoms with Gasteiger partial charge >= 0.3 is 0 Å². The van der Waals surface area contributed by atoms with Crippen molar-refractivity contribution >= 4 is 5.91 Å². The molecule has 2 heterocycles. The Bertz CT molecular complexity index is 753. The van der Waals surface area contributed by atoms with Crippen LogP contribution in [0.15, 0.2) is 36.4 Å². The van der Waals surface area contributed by atoms with Crippen molar-refractivity contribution in [1.82, 2.24) is 9.88 Å². The van der Waals surface area contributed by atoms with Gasteiger partial charge < -0.3 is 9.64 Å². The topological polar surface area (TPSA) is 42.4 Å². The standard InChI is InChI=1S/C21H26N2O2/c1-14(2)21(24)23-10-9-17(13-23)20-12-18(11-15(3)22-20)16-5-7-19(25-4)8-6-16/h5-8,11-12,14,17H,9-10,13H2,1-4H3. The van der Waals surface area contributed by atoms with Crippen molar-refractivity contribution < 1.29 is 9.53 Å². The SMILES string of the molecule is COc1ccc(-c2cc(C)nc(C3CCN(C(=O)C(C)C)C3)c2)cc1. The van der Waals surface area contributed by atoms with Crippen LogP contribution in [0.2, 0.25) is 0 Å². The van der Waals surface area contributed by atoms with Gasteiger partial charge in [0.1, 0.15) is 5.75 Å². The highest BCUT2D eigenvalue weighted by Crippen LogP contribution is 2.31. The molecular weight excluding hydrogens is 312 g/mol. The van der Waals surface area contributed by atoms with Crippen LogP contribution in [0.25, 0.3) is 11.1 Å². The molecule has 1 amide bonds. The lowest BCUT2D eigenvalue weighted by Gasteiger charge is -2.19. The van der Waals surface area contributed by atoms with Gasteiger partial charge in [0.25, 0.3) is 0 Å². The summed E-state index contributed by atoms with van der Waals surface area (Å²) in [6, 6.07) is 12.4. The van der Waals surface area contributed by atoms with E-state index >= 15 is 0 Å². The second-order valence-electron chi connectivity index (χ2n) is 7.08.